The van der Waals surface area contributed by atoms with Gasteiger partial charge in [0.1, 0.15) is 0 Å². The van der Waals surface area contributed by atoms with Gasteiger partial charge in [-0.05, 0) is 6.16 Å². The van der Waals surface area contributed by atoms with E-state index in [0.29, 0.717) is 0 Å². The van der Waals surface area contributed by atoms with Crippen molar-refractivity contribution in [2.24, 2.45) is 0 Å². The summed E-state index contributed by atoms with van der Waals surface area (Å²) in [5.74, 6) is 0. The van der Waals surface area contributed by atoms with Crippen molar-refractivity contribution in [1.82, 2.24) is 0 Å². The van der Waals surface area contributed by atoms with Crippen LogP contribution in [0.15, 0.2) is 0 Å². The summed E-state index contributed by atoms with van der Waals surface area (Å²) in [7, 11) is 0. The average Bonchev–Trinajstić information content (AvgIpc) is 0.811. The second-order valence-corrected chi connectivity index (χ2v) is 0.250. The molecule has 0 unspecified atom stereocenters. The van der Waals surface area contributed by atoms with Gasteiger partial charge in [0.25, 0.3) is 0 Å². The van der Waals surface area contributed by atoms with Gasteiger partial charge in [0, 0.05) is 0 Å². The van der Waals surface area contributed by atoms with Crippen molar-refractivity contribution < 1.29 is 88.6 Å². The van der Waals surface area contributed by atoms with Crippen LogP contribution in [0.3, 0.4) is 0 Å². The Labute approximate surface area is 139 Å². The molecule has 0 bridgehead atoms. The van der Waals surface area contributed by atoms with Crippen molar-refractivity contribution in [2.45, 2.75) is 0 Å². The predicted molar refractivity (Wildman–Crippen MR) is 11.1 cm³/mol. The van der Waals surface area contributed by atoms with Crippen LogP contribution in [0.2, 0.25) is 0 Å². The molecule has 0 spiro atoms. The van der Waals surface area contributed by atoms with E-state index in [4.69, 9.17) is 15.0 Å². The molecular formula is CBaCsFO3. The molecule has 0 aliphatic rings. The molecule has 0 atom stereocenters. The molecule has 0 amide bonds. The third kappa shape index (κ3) is 51.5. The minimum absolute atomic E-state index is 0. The van der Waals surface area contributed by atoms with E-state index in [2.05, 4.69) is 0 Å². The molecule has 0 N–H and O–H groups in total. The first-order valence-corrected chi connectivity index (χ1v) is 0.612. The van der Waals surface area contributed by atoms with Crippen LogP contribution >= 0.6 is 0 Å². The van der Waals surface area contributed by atoms with Gasteiger partial charge in [-0.25, -0.2) is 0 Å². The van der Waals surface area contributed by atoms with Crippen molar-refractivity contribution in [1.29, 1.82) is 0 Å². The maximum atomic E-state index is 8.33. The van der Waals surface area contributed by atoms with Crippen LogP contribution in [0, 0.1) is 0 Å². The first kappa shape index (κ1) is 22.6. The van der Waals surface area contributed by atoms with E-state index in [9.17, 15) is 0 Å². The Kier molecular flexibility index (Phi) is 51.3. The molecule has 7 heavy (non-hydrogen) atoms. The molecule has 0 aromatic heterocycles. The fraction of sp³-hybridized carbons (Fsp3) is 0. The third-order valence-corrected chi connectivity index (χ3v) is 0. The number of carboxylic acid groups (broad SMARTS) is 2. The van der Waals surface area contributed by atoms with Crippen LogP contribution in [0.4, 0.5) is 4.79 Å². The predicted octanol–water partition coefficient (Wildman–Crippen LogP) is -8.82. The van der Waals surface area contributed by atoms with Gasteiger partial charge in [-0.2, -0.15) is 0 Å². The van der Waals surface area contributed by atoms with E-state index < -0.39 is 6.16 Å². The summed E-state index contributed by atoms with van der Waals surface area (Å²) < 4.78 is 0. The average molecular weight is 349 g/mol. The maximum Gasteiger partial charge on any atom is 2.00 e. The second-order valence-electron chi connectivity index (χ2n) is 0.250. The zero-order valence-electron chi connectivity index (χ0n) is 3.81. The third-order valence-electron chi connectivity index (χ3n) is 0. The van der Waals surface area contributed by atoms with Crippen LogP contribution in [0.25, 0.3) is 0 Å². The van der Waals surface area contributed by atoms with Crippen molar-refractivity contribution >= 4 is 55.0 Å². The minimum Gasteiger partial charge on any atom is -1.00 e. The fourth-order valence-electron chi connectivity index (χ4n) is 0. The van der Waals surface area contributed by atoms with Gasteiger partial charge >= 0.3 is 118 Å². The molecule has 6 heteroatoms. The van der Waals surface area contributed by atoms with Crippen molar-refractivity contribution in [3.05, 3.63) is 0 Å². The van der Waals surface area contributed by atoms with Gasteiger partial charge < -0.3 is 19.7 Å². The summed E-state index contributed by atoms with van der Waals surface area (Å²) in [6.45, 7) is 0. The van der Waals surface area contributed by atoms with Crippen LogP contribution in [0.1, 0.15) is 0 Å². The Morgan fingerprint density at radius 1 is 1.29 bits per heavy atom. The van der Waals surface area contributed by atoms with Gasteiger partial charge in [-0.3, -0.25) is 0 Å². The Morgan fingerprint density at radius 3 is 1.29 bits per heavy atom. The summed E-state index contributed by atoms with van der Waals surface area (Å²) in [6.07, 6.45) is -2.33. The zero-order valence-corrected chi connectivity index (χ0v) is 14.5. The number of hydrogen-bond acceptors (Lipinski definition) is 3. The van der Waals surface area contributed by atoms with Crippen molar-refractivity contribution in [3.63, 3.8) is 0 Å². The molecule has 0 saturated carbocycles. The Balaban J connectivity index is -0.0000000150. The number of carbonyl (C=O) groups is 1. The monoisotopic (exact) mass is 350 g/mol. The molecule has 0 radical (unpaired) electrons. The Hall–Kier alpha value is 2.82. The number of halogens is 1. The minimum atomic E-state index is -2.33. The number of hydrogen-bond donors (Lipinski definition) is 0. The number of carbonyl (C=O) groups excluding carboxylic acids is 1. The fourth-order valence-corrected chi connectivity index (χ4v) is 0. The summed E-state index contributed by atoms with van der Waals surface area (Å²) in [5.41, 5.74) is 0. The first-order valence-electron chi connectivity index (χ1n) is 0.612. The second kappa shape index (κ2) is 15.9. The molecule has 0 heterocycles. The molecule has 0 aliphatic carbocycles. The summed E-state index contributed by atoms with van der Waals surface area (Å²) in [5, 5.41) is 16.7. The van der Waals surface area contributed by atoms with Crippen molar-refractivity contribution in [2.75, 3.05) is 0 Å². The first-order chi connectivity index (χ1) is 1.73. The van der Waals surface area contributed by atoms with Crippen LogP contribution in [-0.4, -0.2) is 55.0 Å². The van der Waals surface area contributed by atoms with Gasteiger partial charge in [0.2, 0.25) is 0 Å². The van der Waals surface area contributed by atoms with Crippen molar-refractivity contribution in [3.8, 4) is 0 Å². The van der Waals surface area contributed by atoms with Crippen LogP contribution in [-0.2, 0) is 0 Å². The summed E-state index contributed by atoms with van der Waals surface area (Å²) in [4.78, 5) is 8.33. The zero-order chi connectivity index (χ0) is 3.58. The molecular weight excluding hydrogens is 349 g/mol. The van der Waals surface area contributed by atoms with Gasteiger partial charge in [-0.15, -0.1) is 0 Å². The molecule has 0 aromatic rings. The van der Waals surface area contributed by atoms with Gasteiger partial charge in [0.15, 0.2) is 0 Å². The van der Waals surface area contributed by atoms with E-state index in [-0.39, 0.29) is 122 Å². The van der Waals surface area contributed by atoms with E-state index in [1.807, 2.05) is 0 Å². The molecule has 32 valence electrons. The standard InChI is InChI=1S/CH2O3.Ba.Cs.FH/c2-1(3)4;;;/h(H2,2,3,4);;;1H/q;+2;+1;/p-3. The topological polar surface area (TPSA) is 63.2 Å². The quantitative estimate of drug-likeness (QED) is 0.408. The SMILES string of the molecule is O=C([O-])[O-].[Ba+2].[Cs+].[F-]. The maximum absolute atomic E-state index is 8.33. The van der Waals surface area contributed by atoms with Gasteiger partial charge in [-0.1, -0.05) is 0 Å². The molecule has 0 aromatic carbocycles. The molecule has 3 nitrogen and oxygen atoms in total. The molecule has 0 fully saturated rings. The van der Waals surface area contributed by atoms with E-state index >= 15 is 0 Å². The Morgan fingerprint density at radius 2 is 1.29 bits per heavy atom. The Bertz CT molecular complexity index is 37.9. The smallest absolute Gasteiger partial charge is 1.00 e. The van der Waals surface area contributed by atoms with Crippen LogP contribution < -0.4 is 83.8 Å². The van der Waals surface area contributed by atoms with E-state index in [1.54, 1.807) is 0 Å². The van der Waals surface area contributed by atoms with E-state index in [1.165, 1.54) is 0 Å². The molecule has 0 rings (SSSR count). The largest absolute Gasteiger partial charge is 2.00 e. The van der Waals surface area contributed by atoms with Crippen LogP contribution in [0.5, 0.6) is 0 Å². The summed E-state index contributed by atoms with van der Waals surface area (Å²) in [6, 6.07) is 0. The van der Waals surface area contributed by atoms with Gasteiger partial charge in [0.05, 0.1) is 0 Å². The van der Waals surface area contributed by atoms with E-state index in [0.717, 1.165) is 0 Å². The molecule has 0 saturated heterocycles. The normalized spacial score (nSPS) is 3.43. The number of rotatable bonds is 0. The molecule has 0 aliphatic heterocycles. The summed E-state index contributed by atoms with van der Waals surface area (Å²) >= 11 is 0.